The first-order valence-corrected chi connectivity index (χ1v) is 8.31. The molecule has 5 nitrogen and oxygen atoms in total. The lowest BCUT2D eigenvalue weighted by Gasteiger charge is -2.33. The summed E-state index contributed by atoms with van der Waals surface area (Å²) in [5.74, 6) is -1.53. The van der Waals surface area contributed by atoms with E-state index in [9.17, 15) is 18.4 Å². The summed E-state index contributed by atoms with van der Waals surface area (Å²) in [5, 5.41) is 2.33. The summed E-state index contributed by atoms with van der Waals surface area (Å²) >= 11 is 0. The molecule has 0 fully saturated rings. The summed E-state index contributed by atoms with van der Waals surface area (Å²) in [7, 11) is 0. The van der Waals surface area contributed by atoms with Crippen LogP contribution in [0.2, 0.25) is 0 Å². The quantitative estimate of drug-likeness (QED) is 0.888. The van der Waals surface area contributed by atoms with Crippen LogP contribution in [0.4, 0.5) is 20.2 Å². The van der Waals surface area contributed by atoms with E-state index in [0.29, 0.717) is 17.9 Å². The number of carbonyl (C=O) groups excluding carboxylic acids is 2. The van der Waals surface area contributed by atoms with E-state index in [1.807, 2.05) is 6.92 Å². The Bertz CT molecular complexity index is 841. The van der Waals surface area contributed by atoms with Crippen LogP contribution >= 0.6 is 0 Å². The van der Waals surface area contributed by atoms with E-state index in [-0.39, 0.29) is 24.6 Å². The van der Waals surface area contributed by atoms with E-state index in [1.165, 1.54) is 4.90 Å². The largest absolute Gasteiger partial charge is 0.478 e. The second-order valence-corrected chi connectivity index (χ2v) is 5.89. The van der Waals surface area contributed by atoms with Crippen LogP contribution in [0.25, 0.3) is 0 Å². The number of anilines is 2. The van der Waals surface area contributed by atoms with Gasteiger partial charge in [-0.2, -0.15) is 0 Å². The molecule has 0 bridgehead atoms. The van der Waals surface area contributed by atoms with Crippen molar-refractivity contribution in [2.45, 2.75) is 25.9 Å². The number of amides is 2. The second kappa shape index (κ2) is 7.51. The van der Waals surface area contributed by atoms with Gasteiger partial charge in [0, 0.05) is 19.0 Å². The normalized spacial score (nSPS) is 16.0. The predicted octanol–water partition coefficient (Wildman–Crippen LogP) is 3.50. The van der Waals surface area contributed by atoms with Gasteiger partial charge in [0.25, 0.3) is 5.91 Å². The highest BCUT2D eigenvalue weighted by Crippen LogP contribution is 2.34. The zero-order valence-electron chi connectivity index (χ0n) is 14.2. The molecule has 26 heavy (non-hydrogen) atoms. The van der Waals surface area contributed by atoms with Crippen LogP contribution < -0.4 is 15.0 Å². The molecule has 1 N–H and O–H groups in total. The van der Waals surface area contributed by atoms with Gasteiger partial charge in [-0.1, -0.05) is 19.1 Å². The van der Waals surface area contributed by atoms with Crippen molar-refractivity contribution in [3.63, 3.8) is 0 Å². The highest BCUT2D eigenvalue weighted by Gasteiger charge is 2.33. The average Bonchev–Trinajstić information content (AvgIpc) is 2.63. The highest BCUT2D eigenvalue weighted by atomic mass is 19.1. The molecule has 2 aromatic carbocycles. The molecule has 136 valence electrons. The van der Waals surface area contributed by atoms with Crippen LogP contribution in [-0.4, -0.2) is 24.5 Å². The molecular weight excluding hydrogens is 342 g/mol. The summed E-state index contributed by atoms with van der Waals surface area (Å²) in [6.45, 7) is 1.95. The molecule has 0 aliphatic carbocycles. The summed E-state index contributed by atoms with van der Waals surface area (Å²) in [6, 6.07) is 9.91. The van der Waals surface area contributed by atoms with Crippen LogP contribution in [0.1, 0.15) is 19.8 Å². The lowest BCUT2D eigenvalue weighted by molar-refractivity contribution is -0.126. The van der Waals surface area contributed by atoms with Crippen molar-refractivity contribution >= 4 is 23.2 Å². The minimum atomic E-state index is -0.724. The number of hydrogen-bond acceptors (Lipinski definition) is 3. The maximum atomic E-state index is 13.6. The van der Waals surface area contributed by atoms with Crippen LogP contribution in [0.5, 0.6) is 5.75 Å². The molecule has 1 heterocycles. The fourth-order valence-electron chi connectivity index (χ4n) is 2.78. The number of para-hydroxylation sites is 2. The van der Waals surface area contributed by atoms with Crippen molar-refractivity contribution in [2.75, 3.05) is 16.8 Å². The maximum absolute atomic E-state index is 13.6. The molecule has 0 aromatic heterocycles. The lowest BCUT2D eigenvalue weighted by Crippen LogP contribution is -2.46. The minimum absolute atomic E-state index is 0.0630. The Labute approximate surface area is 149 Å². The van der Waals surface area contributed by atoms with E-state index in [1.54, 1.807) is 24.3 Å². The third-order valence-corrected chi connectivity index (χ3v) is 4.10. The number of benzene rings is 2. The van der Waals surface area contributed by atoms with Crippen LogP contribution in [0.3, 0.4) is 0 Å². The molecule has 3 rings (SSSR count). The van der Waals surface area contributed by atoms with E-state index in [2.05, 4.69) is 5.32 Å². The van der Waals surface area contributed by atoms with Gasteiger partial charge in [-0.3, -0.25) is 9.59 Å². The Hall–Kier alpha value is -2.96. The molecule has 2 aromatic rings. The summed E-state index contributed by atoms with van der Waals surface area (Å²) < 4.78 is 32.5. The number of nitrogens with one attached hydrogen (secondary N) is 1. The van der Waals surface area contributed by atoms with Crippen LogP contribution in [0.15, 0.2) is 42.5 Å². The van der Waals surface area contributed by atoms with Gasteiger partial charge >= 0.3 is 0 Å². The van der Waals surface area contributed by atoms with E-state index in [4.69, 9.17) is 4.74 Å². The predicted molar refractivity (Wildman–Crippen MR) is 93.1 cm³/mol. The first-order valence-electron chi connectivity index (χ1n) is 8.31. The van der Waals surface area contributed by atoms with Crippen molar-refractivity contribution < 1.29 is 23.1 Å². The van der Waals surface area contributed by atoms with Crippen molar-refractivity contribution in [3.8, 4) is 5.75 Å². The Balaban J connectivity index is 1.71. The highest BCUT2D eigenvalue weighted by molar-refractivity contribution is 6.01. The van der Waals surface area contributed by atoms with Crippen LogP contribution in [0, 0.1) is 11.6 Å². The Morgan fingerprint density at radius 1 is 1.23 bits per heavy atom. The summed E-state index contributed by atoms with van der Waals surface area (Å²) in [4.78, 5) is 26.2. The molecule has 1 aliphatic rings. The number of halogens is 2. The molecule has 1 aliphatic heterocycles. The first kappa shape index (κ1) is 17.8. The number of fused-ring (bicyclic) bond motifs is 1. The smallest absolute Gasteiger partial charge is 0.268 e. The number of rotatable bonds is 5. The molecular formula is C19H18F2N2O3. The molecule has 1 atom stereocenters. The van der Waals surface area contributed by atoms with Crippen molar-refractivity contribution in [1.29, 1.82) is 0 Å². The van der Waals surface area contributed by atoms with Gasteiger partial charge in [-0.25, -0.2) is 8.78 Å². The van der Waals surface area contributed by atoms with Gasteiger partial charge in [0.05, 0.1) is 11.4 Å². The SMILES string of the molecule is CCC1Oc2ccccc2N(CCC(=O)Nc2cc(F)ccc2F)C1=O. The van der Waals surface area contributed by atoms with E-state index in [0.717, 1.165) is 18.2 Å². The molecule has 0 saturated heterocycles. The van der Waals surface area contributed by atoms with E-state index < -0.39 is 23.6 Å². The Morgan fingerprint density at radius 3 is 2.77 bits per heavy atom. The van der Waals surface area contributed by atoms with Gasteiger partial charge in [0.2, 0.25) is 5.91 Å². The molecule has 2 amide bonds. The minimum Gasteiger partial charge on any atom is -0.478 e. The standard InChI is InChI=1S/C19H18F2N2O3/c1-2-16-19(25)23(15-5-3-4-6-17(15)26-16)10-9-18(24)22-14-11-12(20)7-8-13(14)21/h3-8,11,16H,2,9-10H2,1H3,(H,22,24). The molecule has 0 saturated carbocycles. The Morgan fingerprint density at radius 2 is 2.00 bits per heavy atom. The van der Waals surface area contributed by atoms with Gasteiger partial charge in [-0.15, -0.1) is 0 Å². The van der Waals surface area contributed by atoms with Crippen LogP contribution in [-0.2, 0) is 9.59 Å². The second-order valence-electron chi connectivity index (χ2n) is 5.89. The first-order chi connectivity index (χ1) is 12.5. The molecule has 1 unspecified atom stereocenters. The third-order valence-electron chi connectivity index (χ3n) is 4.10. The average molecular weight is 360 g/mol. The summed E-state index contributed by atoms with van der Waals surface area (Å²) in [6.07, 6.45) is -0.162. The topological polar surface area (TPSA) is 58.6 Å². The Kier molecular flexibility index (Phi) is 5.16. The van der Waals surface area contributed by atoms with Crippen molar-refractivity contribution in [3.05, 3.63) is 54.1 Å². The van der Waals surface area contributed by atoms with Gasteiger partial charge in [-0.05, 0) is 30.7 Å². The van der Waals surface area contributed by atoms with Gasteiger partial charge in [0.15, 0.2) is 6.10 Å². The third kappa shape index (κ3) is 3.66. The molecule has 0 radical (unpaired) electrons. The fraction of sp³-hybridized carbons (Fsp3) is 0.263. The van der Waals surface area contributed by atoms with E-state index >= 15 is 0 Å². The van der Waals surface area contributed by atoms with Crippen molar-refractivity contribution in [2.24, 2.45) is 0 Å². The number of carbonyl (C=O) groups is 2. The number of nitrogens with zero attached hydrogens (tertiary/aromatic N) is 1. The number of ether oxygens (including phenoxy) is 1. The van der Waals surface area contributed by atoms with Gasteiger partial charge in [0.1, 0.15) is 17.4 Å². The van der Waals surface area contributed by atoms with Crippen molar-refractivity contribution in [1.82, 2.24) is 0 Å². The summed E-state index contributed by atoms with van der Waals surface area (Å²) in [5.41, 5.74) is 0.363. The fourth-order valence-corrected chi connectivity index (χ4v) is 2.78. The maximum Gasteiger partial charge on any atom is 0.268 e. The molecule has 7 heteroatoms. The molecule has 0 spiro atoms. The number of hydrogen-bond donors (Lipinski definition) is 1. The lowest BCUT2D eigenvalue weighted by atomic mass is 10.1. The monoisotopic (exact) mass is 360 g/mol. The zero-order valence-corrected chi connectivity index (χ0v) is 14.2. The van der Waals surface area contributed by atoms with Gasteiger partial charge < -0.3 is 15.0 Å². The zero-order chi connectivity index (χ0) is 18.7.